The second-order valence-corrected chi connectivity index (χ2v) is 8.67. The Labute approximate surface area is 229 Å². The first-order valence-corrected chi connectivity index (χ1v) is 11.6. The average molecular weight is 567 g/mol. The molecule has 0 saturated carbocycles. The Balaban J connectivity index is 0.000000176. The van der Waals surface area contributed by atoms with Crippen LogP contribution < -0.4 is 43.3 Å². The summed E-state index contributed by atoms with van der Waals surface area (Å²) in [5.74, 6) is 1.06. The summed E-state index contributed by atoms with van der Waals surface area (Å²) >= 11 is 0. The minimum Gasteiger partial charge on any atom is -0.287 e. The second kappa shape index (κ2) is 11.3. The Morgan fingerprint density at radius 2 is 0.872 bits per heavy atom. The van der Waals surface area contributed by atoms with Crippen molar-refractivity contribution in [1.29, 1.82) is 0 Å². The summed E-state index contributed by atoms with van der Waals surface area (Å²) in [4.78, 5) is 48.1. The van der Waals surface area contributed by atoms with Crippen LogP contribution in [-0.4, -0.2) is 23.1 Å². The van der Waals surface area contributed by atoms with Crippen LogP contribution in [0.3, 0.4) is 0 Å². The van der Waals surface area contributed by atoms with E-state index in [9.17, 15) is 19.2 Å². The average Bonchev–Trinajstić information content (AvgIpc) is 3.66. The number of fused-ring (bicyclic) bond motifs is 2. The molecule has 0 fully saturated rings. The van der Waals surface area contributed by atoms with Crippen molar-refractivity contribution >= 4 is 44.6 Å². The molecule has 0 amide bonds. The summed E-state index contributed by atoms with van der Waals surface area (Å²) < 4.78 is 0. The number of nitrogens with one attached hydrogen (secondary N) is 2. The van der Waals surface area contributed by atoms with Gasteiger partial charge in [-0.25, -0.2) is 0 Å². The van der Waals surface area contributed by atoms with Gasteiger partial charge in [0.15, 0.2) is 22.4 Å². The fourth-order valence-corrected chi connectivity index (χ4v) is 3.96. The summed E-state index contributed by atoms with van der Waals surface area (Å²) in [6.07, 6.45) is 1.10. The van der Waals surface area contributed by atoms with Gasteiger partial charge in [0.25, 0.3) is 0 Å². The Morgan fingerprint density at radius 1 is 0.564 bits per heavy atom. The molecule has 4 aromatic rings. The molecule has 6 rings (SSSR count). The molecule has 4 aromatic carbocycles. The number of benzene rings is 2. The van der Waals surface area contributed by atoms with Crippen LogP contribution in [-0.2, 0) is 16.8 Å². The van der Waals surface area contributed by atoms with Crippen molar-refractivity contribution < 1.29 is 16.8 Å². The molecule has 0 aliphatic carbocycles. The summed E-state index contributed by atoms with van der Waals surface area (Å²) in [7, 11) is 0. The van der Waals surface area contributed by atoms with E-state index in [0.717, 1.165) is 11.4 Å². The molecule has 0 spiro atoms. The van der Waals surface area contributed by atoms with Gasteiger partial charge < -0.3 is 0 Å². The maximum atomic E-state index is 12.0. The minimum absolute atomic E-state index is 0. The van der Waals surface area contributed by atoms with E-state index in [1.165, 1.54) is 0 Å². The molecule has 0 aromatic heterocycles. The first-order valence-electron chi connectivity index (χ1n) is 11.6. The largest absolute Gasteiger partial charge is 2.00 e. The third-order valence-electron chi connectivity index (χ3n) is 5.82. The van der Waals surface area contributed by atoms with Crippen molar-refractivity contribution in [2.24, 2.45) is 30.6 Å². The van der Waals surface area contributed by atoms with E-state index in [1.54, 1.807) is 48.5 Å². The number of nitrogens with zero attached hydrogens (tertiary/aromatic N) is 6. The number of amidine groups is 2. The molecule has 2 N–H and O–H groups in total. The van der Waals surface area contributed by atoms with Gasteiger partial charge in [-0.05, 0) is 13.8 Å². The van der Waals surface area contributed by atoms with Gasteiger partial charge in [-0.15, -0.1) is 10.2 Å². The molecule has 0 unspecified atom stereocenters. The van der Waals surface area contributed by atoms with E-state index in [2.05, 4.69) is 41.5 Å². The van der Waals surface area contributed by atoms with Crippen molar-refractivity contribution in [2.75, 3.05) is 0 Å². The van der Waals surface area contributed by atoms with Gasteiger partial charge in [-0.1, -0.05) is 48.5 Å². The fourth-order valence-electron chi connectivity index (χ4n) is 3.96. The molecule has 2 aliphatic heterocycles. The van der Waals surface area contributed by atoms with Crippen LogP contribution in [0.15, 0.2) is 98.3 Å². The van der Waals surface area contributed by atoms with Crippen molar-refractivity contribution in [3.63, 3.8) is 0 Å². The number of hydrogen-bond acceptors (Lipinski definition) is 12. The smallest absolute Gasteiger partial charge is 0.287 e. The monoisotopic (exact) mass is 567 g/mol. The molecule has 0 saturated heterocycles. The molecular formula is C26H20CoN8O4+2. The van der Waals surface area contributed by atoms with E-state index in [0.29, 0.717) is 46.1 Å². The van der Waals surface area contributed by atoms with E-state index >= 15 is 0 Å². The maximum absolute atomic E-state index is 12.0. The normalized spacial score (nSPS) is 14.0. The minimum atomic E-state index is -0.357. The van der Waals surface area contributed by atoms with Crippen LogP contribution >= 0.6 is 0 Å². The molecule has 12 nitrogen and oxygen atoms in total. The second-order valence-electron chi connectivity index (χ2n) is 8.67. The van der Waals surface area contributed by atoms with Crippen molar-refractivity contribution in [3.8, 4) is 0 Å². The molecular weight excluding hydrogens is 547 g/mol. The summed E-state index contributed by atoms with van der Waals surface area (Å²) in [6.45, 7) is 3.68. The summed E-state index contributed by atoms with van der Waals surface area (Å²) in [5, 5.41) is 24.5. The van der Waals surface area contributed by atoms with Crippen molar-refractivity contribution in [2.45, 2.75) is 26.7 Å². The fraction of sp³-hybridized carbons (Fsp3) is 0.154. The van der Waals surface area contributed by atoms with Crippen molar-refractivity contribution in [1.82, 2.24) is 10.9 Å². The van der Waals surface area contributed by atoms with Crippen LogP contribution in [0.5, 0.6) is 0 Å². The molecule has 13 heteroatoms. The third kappa shape index (κ3) is 5.44. The Kier molecular flexibility index (Phi) is 7.92. The van der Waals surface area contributed by atoms with Gasteiger partial charge >= 0.3 is 16.8 Å². The summed E-state index contributed by atoms with van der Waals surface area (Å²) in [5.41, 5.74) is 5.55. The SMILES string of the molecule is CC1=NN=C(NN=c2c(=O)c3ccccc3c2=O)C1.CC1=NN=C(NN=c2c(=O)c3ccccc3c2=O)C1.[Co+2]. The molecule has 0 bridgehead atoms. The van der Waals surface area contributed by atoms with Crippen LogP contribution in [0.25, 0.3) is 21.5 Å². The van der Waals surface area contributed by atoms with E-state index in [-0.39, 0.29) is 49.2 Å². The van der Waals surface area contributed by atoms with E-state index in [4.69, 9.17) is 0 Å². The number of hydrogen-bond donors (Lipinski definition) is 2. The summed E-state index contributed by atoms with van der Waals surface area (Å²) in [6, 6.07) is 13.4. The Morgan fingerprint density at radius 3 is 1.13 bits per heavy atom. The third-order valence-corrected chi connectivity index (χ3v) is 5.82. The van der Waals surface area contributed by atoms with Crippen LogP contribution in [0.1, 0.15) is 26.7 Å². The molecule has 2 aliphatic rings. The predicted octanol–water partition coefficient (Wildman–Crippen LogP) is 0.0359. The zero-order chi connectivity index (χ0) is 26.8. The first kappa shape index (κ1) is 27.3. The van der Waals surface area contributed by atoms with Gasteiger partial charge in [0.2, 0.25) is 21.7 Å². The topological polar surface area (TPSA) is 166 Å². The van der Waals surface area contributed by atoms with Gasteiger partial charge in [0.05, 0.1) is 0 Å². The van der Waals surface area contributed by atoms with Gasteiger partial charge in [0, 0.05) is 45.8 Å². The molecule has 0 atom stereocenters. The van der Waals surface area contributed by atoms with Gasteiger partial charge in [-0.2, -0.15) is 20.4 Å². The van der Waals surface area contributed by atoms with Crippen LogP contribution in [0.2, 0.25) is 0 Å². The Bertz CT molecular complexity index is 1800. The van der Waals surface area contributed by atoms with Crippen molar-refractivity contribution in [3.05, 3.63) is 100 Å². The molecule has 195 valence electrons. The zero-order valence-electron chi connectivity index (χ0n) is 20.7. The van der Waals surface area contributed by atoms with Gasteiger partial charge in [0.1, 0.15) is 0 Å². The van der Waals surface area contributed by atoms with E-state index in [1.807, 2.05) is 13.8 Å². The zero-order valence-corrected chi connectivity index (χ0v) is 21.7. The molecule has 2 heterocycles. The maximum Gasteiger partial charge on any atom is 2.00 e. The molecule has 39 heavy (non-hydrogen) atoms. The standard InChI is InChI=1S/2C13H10N4O2.Co/c2*1-7-6-10(15-14-7)16-17-11-12(18)8-4-2-3-5-9(8)13(11)19;/h2*2-5H,6H2,1H3,(H,15,16);/q;;+2. The van der Waals surface area contributed by atoms with Gasteiger partial charge in [-0.3, -0.25) is 30.0 Å². The van der Waals surface area contributed by atoms with Crippen LogP contribution in [0.4, 0.5) is 0 Å². The quantitative estimate of drug-likeness (QED) is 0.325. The first-order chi connectivity index (χ1) is 18.3. The number of rotatable bonds is 2. The van der Waals surface area contributed by atoms with Crippen LogP contribution in [0, 0.1) is 0 Å². The predicted molar refractivity (Wildman–Crippen MR) is 145 cm³/mol. The Hall–Kier alpha value is -4.75. The van der Waals surface area contributed by atoms with E-state index < -0.39 is 0 Å². The molecule has 1 radical (unpaired) electrons.